The molecule has 0 atom stereocenters. The molecule has 8 nitrogen and oxygen atoms in total. The van der Waals surface area contributed by atoms with Crippen molar-refractivity contribution in [3.8, 4) is 22.8 Å². The van der Waals surface area contributed by atoms with E-state index in [0.717, 1.165) is 5.56 Å². The lowest BCUT2D eigenvalue weighted by Crippen LogP contribution is -2.20. The molecule has 0 amide bonds. The van der Waals surface area contributed by atoms with Gasteiger partial charge in [-0.05, 0) is 35.4 Å². The van der Waals surface area contributed by atoms with Gasteiger partial charge in [-0.2, -0.15) is 0 Å². The third kappa shape index (κ3) is 4.55. The van der Waals surface area contributed by atoms with Gasteiger partial charge in [0.25, 0.3) is 5.56 Å². The van der Waals surface area contributed by atoms with Gasteiger partial charge >= 0.3 is 5.97 Å². The van der Waals surface area contributed by atoms with Gasteiger partial charge in [0.15, 0.2) is 11.4 Å². The number of phenols is 1. The number of carboxylic acid groups (broad SMARTS) is 1. The minimum absolute atomic E-state index is 0.0157. The van der Waals surface area contributed by atoms with Crippen LogP contribution in [0.1, 0.15) is 15.9 Å². The second-order valence-electron chi connectivity index (χ2n) is 8.35. The van der Waals surface area contributed by atoms with Crippen LogP contribution in [0.2, 0.25) is 0 Å². The number of aromatic nitrogens is 1. The molecule has 0 aliphatic rings. The lowest BCUT2D eigenvalue weighted by Gasteiger charge is -2.13. The molecule has 4 aromatic carbocycles. The van der Waals surface area contributed by atoms with Gasteiger partial charge in [0.05, 0.1) is 12.1 Å². The van der Waals surface area contributed by atoms with E-state index in [9.17, 15) is 24.9 Å². The summed E-state index contributed by atoms with van der Waals surface area (Å²) in [5.74, 6) is -1.46. The summed E-state index contributed by atoms with van der Waals surface area (Å²) in [4.78, 5) is 24.8. The molecule has 0 aliphatic carbocycles. The summed E-state index contributed by atoms with van der Waals surface area (Å²) in [5, 5.41) is 40.3. The maximum absolute atomic E-state index is 13.4. The summed E-state index contributed by atoms with van der Waals surface area (Å²) in [6.07, 6.45) is 0. The van der Waals surface area contributed by atoms with Crippen LogP contribution in [0.3, 0.4) is 0 Å². The van der Waals surface area contributed by atoms with E-state index in [1.165, 1.54) is 22.8 Å². The summed E-state index contributed by atoms with van der Waals surface area (Å²) in [6, 6.07) is 27.1. The minimum atomic E-state index is -1.08. The van der Waals surface area contributed by atoms with Crippen LogP contribution in [0, 0.1) is 0 Å². The van der Waals surface area contributed by atoms with Gasteiger partial charge in [-0.15, -0.1) is 10.2 Å². The van der Waals surface area contributed by atoms with Crippen LogP contribution in [0.15, 0.2) is 112 Å². The molecule has 3 N–H and O–H groups in total. The molecule has 5 rings (SSSR count). The van der Waals surface area contributed by atoms with Crippen LogP contribution in [0.4, 0.5) is 11.4 Å². The van der Waals surface area contributed by atoms with Crippen molar-refractivity contribution < 1.29 is 20.1 Å². The zero-order valence-electron chi connectivity index (χ0n) is 19.4. The zero-order valence-corrected chi connectivity index (χ0v) is 19.4. The largest absolute Gasteiger partial charge is 0.505 e. The van der Waals surface area contributed by atoms with E-state index >= 15 is 0 Å². The molecule has 1 aromatic heterocycles. The number of hydrogen-bond donors (Lipinski definition) is 3. The summed E-state index contributed by atoms with van der Waals surface area (Å²) >= 11 is 0. The van der Waals surface area contributed by atoms with Crippen molar-refractivity contribution in [1.29, 1.82) is 0 Å². The molecular weight excluding hydrogens is 470 g/mol. The van der Waals surface area contributed by atoms with Crippen molar-refractivity contribution in [3.63, 3.8) is 0 Å². The normalized spacial score (nSPS) is 11.2. The van der Waals surface area contributed by atoms with Gasteiger partial charge in [-0.3, -0.25) is 9.36 Å². The number of aromatic carboxylic acids is 1. The van der Waals surface area contributed by atoms with E-state index < -0.39 is 11.5 Å². The fourth-order valence-corrected chi connectivity index (χ4v) is 4.15. The number of fused-ring (bicyclic) bond motifs is 1. The average Bonchev–Trinajstić information content (AvgIpc) is 2.92. The van der Waals surface area contributed by atoms with Gasteiger partial charge in [0.1, 0.15) is 5.69 Å². The number of para-hydroxylation sites is 1. The first-order valence-electron chi connectivity index (χ1n) is 11.4. The number of nitrogens with zero attached hydrogens (tertiary/aromatic N) is 3. The van der Waals surface area contributed by atoms with Crippen molar-refractivity contribution in [1.82, 2.24) is 4.57 Å². The lowest BCUT2D eigenvalue weighted by molar-refractivity contribution is 0.0697. The monoisotopic (exact) mass is 491 g/mol. The molecule has 0 bridgehead atoms. The first kappa shape index (κ1) is 23.5. The van der Waals surface area contributed by atoms with Gasteiger partial charge in [0, 0.05) is 16.3 Å². The van der Waals surface area contributed by atoms with Gasteiger partial charge < -0.3 is 15.3 Å². The number of pyridine rings is 1. The third-order valence-corrected chi connectivity index (χ3v) is 6.00. The van der Waals surface area contributed by atoms with Crippen LogP contribution in [-0.2, 0) is 6.54 Å². The average molecular weight is 492 g/mol. The lowest BCUT2D eigenvalue weighted by atomic mass is 10.0. The van der Waals surface area contributed by atoms with Crippen LogP contribution >= 0.6 is 0 Å². The highest BCUT2D eigenvalue weighted by Gasteiger charge is 2.17. The highest BCUT2D eigenvalue weighted by atomic mass is 16.4. The van der Waals surface area contributed by atoms with Crippen molar-refractivity contribution in [2.45, 2.75) is 6.54 Å². The molecule has 0 aliphatic heterocycles. The summed E-state index contributed by atoms with van der Waals surface area (Å²) in [6.45, 7) is 0.138. The molecule has 0 spiro atoms. The third-order valence-electron chi connectivity index (χ3n) is 6.00. The second-order valence-corrected chi connectivity index (χ2v) is 8.35. The number of hydrogen-bond acceptors (Lipinski definition) is 6. The zero-order chi connectivity index (χ0) is 25.9. The summed E-state index contributed by atoms with van der Waals surface area (Å²) in [7, 11) is 0. The number of carboxylic acids is 1. The van der Waals surface area contributed by atoms with E-state index in [0.29, 0.717) is 21.9 Å². The Labute approximate surface area is 211 Å². The number of azo groups is 1. The van der Waals surface area contributed by atoms with E-state index in [-0.39, 0.29) is 35.1 Å². The standard InChI is InChI=1S/C29H21N3O5/c33-26-21(19-10-6-11-20(16-19)29(36)37)14-7-15-24(26)30-31-25-22-12-4-5-13-23(22)27(34)32(28(25)35)17-18-8-2-1-3-9-18/h1-16,33-34H,17H2,(H,36,37). The molecule has 37 heavy (non-hydrogen) atoms. The molecule has 1 heterocycles. The van der Waals surface area contributed by atoms with Crippen molar-refractivity contribution in [3.05, 3.63) is 119 Å². The van der Waals surface area contributed by atoms with Gasteiger partial charge in [-0.1, -0.05) is 72.8 Å². The fraction of sp³-hybridized carbons (Fsp3) is 0.0345. The first-order valence-corrected chi connectivity index (χ1v) is 11.4. The first-order chi connectivity index (χ1) is 17.9. The summed E-state index contributed by atoms with van der Waals surface area (Å²) < 4.78 is 1.24. The topological polar surface area (TPSA) is 124 Å². The van der Waals surface area contributed by atoms with Gasteiger partial charge in [0.2, 0.25) is 5.88 Å². The maximum Gasteiger partial charge on any atom is 0.335 e. The van der Waals surface area contributed by atoms with Crippen molar-refractivity contribution in [2.75, 3.05) is 0 Å². The molecule has 5 aromatic rings. The van der Waals surface area contributed by atoms with Crippen LogP contribution in [-0.4, -0.2) is 25.9 Å². The molecular formula is C29H21N3O5. The predicted octanol–water partition coefficient (Wildman–Crippen LogP) is 6.24. The van der Waals surface area contributed by atoms with Crippen molar-refractivity contribution >= 4 is 28.1 Å². The quantitative estimate of drug-likeness (QED) is 0.243. The smallest absolute Gasteiger partial charge is 0.335 e. The Kier molecular flexibility index (Phi) is 6.22. The van der Waals surface area contributed by atoms with Crippen LogP contribution < -0.4 is 5.56 Å². The molecule has 0 saturated carbocycles. The van der Waals surface area contributed by atoms with Crippen LogP contribution in [0.25, 0.3) is 21.9 Å². The molecule has 0 unspecified atom stereocenters. The Hall–Kier alpha value is -5.24. The van der Waals surface area contributed by atoms with E-state index in [2.05, 4.69) is 10.2 Å². The number of carbonyl (C=O) groups is 1. The molecule has 8 heteroatoms. The van der Waals surface area contributed by atoms with E-state index in [1.807, 2.05) is 30.3 Å². The predicted molar refractivity (Wildman–Crippen MR) is 140 cm³/mol. The van der Waals surface area contributed by atoms with E-state index in [1.54, 1.807) is 48.5 Å². The Morgan fingerprint density at radius 2 is 1.49 bits per heavy atom. The Morgan fingerprint density at radius 3 is 2.24 bits per heavy atom. The number of phenolic OH excluding ortho intramolecular Hbond substituents is 1. The minimum Gasteiger partial charge on any atom is -0.505 e. The second kappa shape index (κ2) is 9.79. The summed E-state index contributed by atoms with van der Waals surface area (Å²) in [5.41, 5.74) is 1.36. The van der Waals surface area contributed by atoms with E-state index in [4.69, 9.17) is 0 Å². The number of benzene rings is 4. The van der Waals surface area contributed by atoms with Gasteiger partial charge in [-0.25, -0.2) is 4.79 Å². The fourth-order valence-electron chi connectivity index (χ4n) is 4.15. The highest BCUT2D eigenvalue weighted by Crippen LogP contribution is 2.38. The number of rotatable bonds is 6. The number of aromatic hydroxyl groups is 2. The molecule has 0 saturated heterocycles. The van der Waals surface area contributed by atoms with Crippen molar-refractivity contribution in [2.24, 2.45) is 10.2 Å². The Balaban J connectivity index is 1.61. The highest BCUT2D eigenvalue weighted by molar-refractivity contribution is 5.95. The Morgan fingerprint density at radius 1 is 0.784 bits per heavy atom. The molecule has 0 fully saturated rings. The maximum atomic E-state index is 13.4. The Bertz CT molecular complexity index is 1730. The SMILES string of the molecule is O=C(O)c1cccc(-c2cccc(N=Nc3c(=O)n(Cc4ccccc4)c(O)c4ccccc34)c2O)c1. The molecule has 0 radical (unpaired) electrons. The van der Waals surface area contributed by atoms with Crippen LogP contribution in [0.5, 0.6) is 11.6 Å². The molecule has 182 valence electrons.